The predicted octanol–water partition coefficient (Wildman–Crippen LogP) is 3.53. The first kappa shape index (κ1) is 20.9. The lowest BCUT2D eigenvalue weighted by atomic mass is 10.2. The second-order valence-corrected chi connectivity index (χ2v) is 7.84. The fraction of sp³-hybridized carbons (Fsp3) is 0.368. The van der Waals surface area contributed by atoms with Crippen LogP contribution in [0, 0.1) is 6.92 Å². The number of benzene rings is 1. The fourth-order valence-corrected chi connectivity index (χ4v) is 3.97. The van der Waals surface area contributed by atoms with Crippen LogP contribution in [0.2, 0.25) is 0 Å². The molecule has 0 fully saturated rings. The van der Waals surface area contributed by atoms with Crippen LogP contribution in [-0.4, -0.2) is 36.9 Å². The summed E-state index contributed by atoms with van der Waals surface area (Å²) in [6.45, 7) is 7.99. The molecule has 2 aromatic rings. The SMILES string of the molecule is CCC(=O)Nc1c(C)noc1C=Cc1ccc(S(=O)(=O)N(CC)CC)cc1. The molecule has 1 aromatic carbocycles. The van der Waals surface area contributed by atoms with Gasteiger partial charge in [-0.1, -0.05) is 44.1 Å². The molecular weight excluding hydrogens is 366 g/mol. The molecule has 146 valence electrons. The van der Waals surface area contributed by atoms with Crippen molar-refractivity contribution in [3.8, 4) is 0 Å². The number of carbonyl (C=O) groups excluding carboxylic acids is 1. The minimum atomic E-state index is -3.47. The summed E-state index contributed by atoms with van der Waals surface area (Å²) < 4.78 is 31.7. The van der Waals surface area contributed by atoms with Gasteiger partial charge in [-0.25, -0.2) is 8.42 Å². The Morgan fingerprint density at radius 1 is 1.15 bits per heavy atom. The van der Waals surface area contributed by atoms with E-state index in [4.69, 9.17) is 4.52 Å². The molecule has 0 saturated heterocycles. The van der Waals surface area contributed by atoms with E-state index in [9.17, 15) is 13.2 Å². The molecule has 1 heterocycles. The first-order valence-corrected chi connectivity index (χ1v) is 10.3. The Morgan fingerprint density at radius 2 is 1.78 bits per heavy atom. The lowest BCUT2D eigenvalue weighted by molar-refractivity contribution is -0.115. The van der Waals surface area contributed by atoms with Crippen molar-refractivity contribution in [3.05, 3.63) is 41.3 Å². The molecule has 2 rings (SSSR count). The molecule has 0 aliphatic heterocycles. The van der Waals surface area contributed by atoms with Gasteiger partial charge < -0.3 is 9.84 Å². The molecule has 1 N–H and O–H groups in total. The monoisotopic (exact) mass is 391 g/mol. The van der Waals surface area contributed by atoms with Gasteiger partial charge in [-0.05, 0) is 30.7 Å². The van der Waals surface area contributed by atoms with Gasteiger partial charge in [0.2, 0.25) is 15.9 Å². The maximum Gasteiger partial charge on any atom is 0.243 e. The van der Waals surface area contributed by atoms with Crippen molar-refractivity contribution in [2.75, 3.05) is 18.4 Å². The van der Waals surface area contributed by atoms with Gasteiger partial charge in [0, 0.05) is 19.5 Å². The quantitative estimate of drug-likeness (QED) is 0.743. The van der Waals surface area contributed by atoms with Crippen LogP contribution < -0.4 is 5.32 Å². The van der Waals surface area contributed by atoms with Crippen LogP contribution in [-0.2, 0) is 14.8 Å². The Kier molecular flexibility index (Phi) is 6.92. The molecule has 0 atom stereocenters. The number of hydrogen-bond acceptors (Lipinski definition) is 5. The summed E-state index contributed by atoms with van der Waals surface area (Å²) in [4.78, 5) is 11.9. The number of aryl methyl sites for hydroxylation is 1. The van der Waals surface area contributed by atoms with E-state index in [-0.39, 0.29) is 10.8 Å². The maximum absolute atomic E-state index is 12.5. The number of anilines is 1. The molecule has 7 nitrogen and oxygen atoms in total. The molecule has 27 heavy (non-hydrogen) atoms. The lowest BCUT2D eigenvalue weighted by Crippen LogP contribution is -2.30. The molecule has 0 aliphatic carbocycles. The summed E-state index contributed by atoms with van der Waals surface area (Å²) in [7, 11) is -3.47. The maximum atomic E-state index is 12.5. The molecule has 0 bridgehead atoms. The molecule has 0 aliphatic rings. The van der Waals surface area contributed by atoms with Crippen molar-refractivity contribution in [2.24, 2.45) is 0 Å². The Morgan fingerprint density at radius 3 is 2.33 bits per heavy atom. The second kappa shape index (κ2) is 8.96. The van der Waals surface area contributed by atoms with Crippen molar-refractivity contribution >= 4 is 33.8 Å². The van der Waals surface area contributed by atoms with Crippen molar-refractivity contribution in [1.82, 2.24) is 9.46 Å². The number of sulfonamides is 1. The van der Waals surface area contributed by atoms with Crippen LogP contribution >= 0.6 is 0 Å². The van der Waals surface area contributed by atoms with E-state index >= 15 is 0 Å². The van der Waals surface area contributed by atoms with E-state index in [0.717, 1.165) is 5.56 Å². The Labute approximate surface area is 160 Å². The van der Waals surface area contributed by atoms with Gasteiger partial charge in [-0.3, -0.25) is 4.79 Å². The highest BCUT2D eigenvalue weighted by Crippen LogP contribution is 2.23. The molecule has 8 heteroatoms. The third kappa shape index (κ3) is 4.84. The van der Waals surface area contributed by atoms with Gasteiger partial charge in [0.25, 0.3) is 0 Å². The van der Waals surface area contributed by atoms with Crippen molar-refractivity contribution in [2.45, 2.75) is 39.0 Å². The summed E-state index contributed by atoms with van der Waals surface area (Å²) >= 11 is 0. The fourth-order valence-electron chi connectivity index (χ4n) is 2.52. The summed E-state index contributed by atoms with van der Waals surface area (Å²) in [6.07, 6.45) is 3.82. The number of nitrogens with one attached hydrogen (secondary N) is 1. The van der Waals surface area contributed by atoms with Crippen LogP contribution in [0.15, 0.2) is 33.7 Å². The molecule has 1 amide bonds. The van der Waals surface area contributed by atoms with E-state index in [1.807, 2.05) is 13.8 Å². The highest BCUT2D eigenvalue weighted by atomic mass is 32.2. The van der Waals surface area contributed by atoms with Crippen LogP contribution in [0.5, 0.6) is 0 Å². The van der Waals surface area contributed by atoms with E-state index < -0.39 is 10.0 Å². The number of aromatic nitrogens is 1. The minimum absolute atomic E-state index is 0.123. The number of carbonyl (C=O) groups is 1. The van der Waals surface area contributed by atoms with Crippen molar-refractivity contribution < 1.29 is 17.7 Å². The normalized spacial score (nSPS) is 12.0. The van der Waals surface area contributed by atoms with Crippen LogP contribution in [0.25, 0.3) is 12.2 Å². The number of amides is 1. The van der Waals surface area contributed by atoms with E-state index in [1.165, 1.54) is 4.31 Å². The zero-order valence-electron chi connectivity index (χ0n) is 16.0. The minimum Gasteiger partial charge on any atom is -0.354 e. The summed E-state index contributed by atoms with van der Waals surface area (Å²) in [5.74, 6) is 0.316. The van der Waals surface area contributed by atoms with Crippen molar-refractivity contribution in [1.29, 1.82) is 0 Å². The zero-order chi connectivity index (χ0) is 20.0. The first-order valence-electron chi connectivity index (χ1n) is 8.87. The molecule has 0 saturated carbocycles. The Balaban J connectivity index is 2.21. The number of rotatable bonds is 8. The van der Waals surface area contributed by atoms with Crippen LogP contribution in [0.4, 0.5) is 5.69 Å². The van der Waals surface area contributed by atoms with Gasteiger partial charge in [0.05, 0.1) is 4.90 Å². The average Bonchev–Trinajstić information content (AvgIpc) is 3.00. The van der Waals surface area contributed by atoms with E-state index in [1.54, 1.807) is 50.3 Å². The lowest BCUT2D eigenvalue weighted by Gasteiger charge is -2.18. The second-order valence-electron chi connectivity index (χ2n) is 5.90. The van der Waals surface area contributed by atoms with E-state index in [2.05, 4.69) is 10.5 Å². The Bertz CT molecular complexity index is 911. The molecule has 0 radical (unpaired) electrons. The van der Waals surface area contributed by atoms with E-state index in [0.29, 0.717) is 36.7 Å². The number of nitrogens with zero attached hydrogens (tertiary/aromatic N) is 2. The highest BCUT2D eigenvalue weighted by molar-refractivity contribution is 7.89. The van der Waals surface area contributed by atoms with Crippen LogP contribution in [0.1, 0.15) is 44.2 Å². The average molecular weight is 391 g/mol. The summed E-state index contributed by atoms with van der Waals surface area (Å²) in [5, 5.41) is 6.64. The van der Waals surface area contributed by atoms with Gasteiger partial charge >= 0.3 is 0 Å². The highest BCUT2D eigenvalue weighted by Gasteiger charge is 2.21. The van der Waals surface area contributed by atoms with Gasteiger partial charge in [0.15, 0.2) is 5.76 Å². The van der Waals surface area contributed by atoms with Gasteiger partial charge in [0.1, 0.15) is 11.4 Å². The number of hydrogen-bond donors (Lipinski definition) is 1. The summed E-state index contributed by atoms with van der Waals surface area (Å²) in [6, 6.07) is 6.61. The third-order valence-electron chi connectivity index (χ3n) is 4.13. The smallest absolute Gasteiger partial charge is 0.243 e. The first-order chi connectivity index (χ1) is 12.8. The predicted molar refractivity (Wildman–Crippen MR) is 106 cm³/mol. The largest absolute Gasteiger partial charge is 0.354 e. The molecule has 0 spiro atoms. The van der Waals surface area contributed by atoms with Crippen LogP contribution in [0.3, 0.4) is 0 Å². The topological polar surface area (TPSA) is 92.5 Å². The van der Waals surface area contributed by atoms with Crippen molar-refractivity contribution in [3.63, 3.8) is 0 Å². The van der Waals surface area contributed by atoms with Gasteiger partial charge in [-0.15, -0.1) is 0 Å². The zero-order valence-corrected chi connectivity index (χ0v) is 16.8. The molecule has 1 aromatic heterocycles. The molecule has 0 unspecified atom stereocenters. The Hall–Kier alpha value is -2.45. The standard InChI is InChI=1S/C19H25N3O4S/c1-5-18(23)20-19-14(4)21-26-17(19)13-10-15-8-11-16(12-9-15)27(24,25)22(6-2)7-3/h8-13H,5-7H2,1-4H3,(H,20,23). The van der Waals surface area contributed by atoms with Gasteiger partial charge in [-0.2, -0.15) is 4.31 Å². The summed E-state index contributed by atoms with van der Waals surface area (Å²) in [5.41, 5.74) is 1.94. The molecular formula is C19H25N3O4S. The third-order valence-corrected chi connectivity index (χ3v) is 6.19.